The van der Waals surface area contributed by atoms with E-state index >= 15 is 0 Å². The average molecular weight is 349 g/mol. The van der Waals surface area contributed by atoms with Crippen LogP contribution in [0.15, 0.2) is 36.7 Å². The number of halogens is 3. The lowest BCUT2D eigenvalue weighted by Gasteiger charge is -2.17. The summed E-state index contributed by atoms with van der Waals surface area (Å²) in [5.41, 5.74) is -0.0913. The van der Waals surface area contributed by atoms with Crippen LogP contribution in [0.3, 0.4) is 0 Å². The first-order chi connectivity index (χ1) is 12.0. The van der Waals surface area contributed by atoms with Gasteiger partial charge in [0.05, 0.1) is 5.56 Å². The quantitative estimate of drug-likeness (QED) is 0.864. The van der Waals surface area contributed by atoms with Crippen molar-refractivity contribution in [2.24, 2.45) is 0 Å². The van der Waals surface area contributed by atoms with Crippen LogP contribution in [0, 0.1) is 17.5 Å². The van der Waals surface area contributed by atoms with Crippen molar-refractivity contribution in [1.29, 1.82) is 0 Å². The molecular weight excluding hydrogens is 335 g/mol. The Morgan fingerprint density at radius 1 is 1.08 bits per heavy atom. The van der Waals surface area contributed by atoms with Crippen LogP contribution in [-0.2, 0) is 0 Å². The van der Waals surface area contributed by atoms with E-state index in [1.807, 2.05) is 0 Å². The maximum Gasteiger partial charge on any atom is 0.254 e. The number of aromatic nitrogens is 1. The molecule has 2 amide bonds. The second-order valence-electron chi connectivity index (χ2n) is 5.67. The molecule has 0 radical (unpaired) electrons. The Kier molecular flexibility index (Phi) is 4.69. The summed E-state index contributed by atoms with van der Waals surface area (Å²) < 4.78 is 39.8. The van der Waals surface area contributed by atoms with Crippen molar-refractivity contribution in [3.05, 3.63) is 65.2 Å². The number of likely N-dealkylation sites (tertiary alicyclic amines) is 1. The van der Waals surface area contributed by atoms with Gasteiger partial charge in [-0.3, -0.25) is 14.6 Å². The minimum Gasteiger partial charge on any atom is -0.347 e. The Bertz CT molecular complexity index is 814. The lowest BCUT2D eigenvalue weighted by atomic mass is 10.1. The molecule has 0 saturated carbocycles. The molecule has 8 heteroatoms. The summed E-state index contributed by atoms with van der Waals surface area (Å²) in [7, 11) is 0. The highest BCUT2D eigenvalue weighted by Crippen LogP contribution is 2.17. The second kappa shape index (κ2) is 6.92. The number of benzene rings is 1. The zero-order chi connectivity index (χ0) is 18.0. The van der Waals surface area contributed by atoms with E-state index < -0.39 is 35.0 Å². The van der Waals surface area contributed by atoms with Gasteiger partial charge in [0.1, 0.15) is 0 Å². The van der Waals surface area contributed by atoms with Crippen LogP contribution in [-0.4, -0.2) is 40.8 Å². The second-order valence-corrected chi connectivity index (χ2v) is 5.67. The van der Waals surface area contributed by atoms with Crippen LogP contribution >= 0.6 is 0 Å². The minimum absolute atomic E-state index is 0.196. The Hall–Kier alpha value is -2.90. The molecule has 2 aromatic rings. The van der Waals surface area contributed by atoms with E-state index in [4.69, 9.17) is 0 Å². The van der Waals surface area contributed by atoms with Crippen molar-refractivity contribution in [1.82, 2.24) is 15.2 Å². The first-order valence-electron chi connectivity index (χ1n) is 7.61. The van der Waals surface area contributed by atoms with Crippen molar-refractivity contribution in [2.75, 3.05) is 13.1 Å². The van der Waals surface area contributed by atoms with Crippen LogP contribution < -0.4 is 5.32 Å². The van der Waals surface area contributed by atoms with E-state index in [0.29, 0.717) is 24.6 Å². The van der Waals surface area contributed by atoms with Crippen molar-refractivity contribution in [2.45, 2.75) is 12.5 Å². The fourth-order valence-electron chi connectivity index (χ4n) is 2.70. The number of pyridine rings is 1. The number of hydrogen-bond donors (Lipinski definition) is 1. The van der Waals surface area contributed by atoms with Crippen molar-refractivity contribution in [3.8, 4) is 0 Å². The molecule has 1 aliphatic rings. The maximum atomic E-state index is 13.7. The topological polar surface area (TPSA) is 62.3 Å². The van der Waals surface area contributed by atoms with Crippen LogP contribution in [0.4, 0.5) is 13.2 Å². The van der Waals surface area contributed by atoms with Crippen LogP contribution in [0.1, 0.15) is 27.1 Å². The minimum atomic E-state index is -1.69. The predicted molar refractivity (Wildman–Crippen MR) is 82.3 cm³/mol. The molecule has 0 spiro atoms. The smallest absolute Gasteiger partial charge is 0.254 e. The van der Waals surface area contributed by atoms with Gasteiger partial charge in [0.25, 0.3) is 11.8 Å². The largest absolute Gasteiger partial charge is 0.347 e. The van der Waals surface area contributed by atoms with Gasteiger partial charge < -0.3 is 10.2 Å². The highest BCUT2D eigenvalue weighted by Gasteiger charge is 2.29. The first-order valence-corrected chi connectivity index (χ1v) is 7.61. The van der Waals surface area contributed by atoms with Gasteiger partial charge in [0.15, 0.2) is 17.5 Å². The zero-order valence-electron chi connectivity index (χ0n) is 13.0. The van der Waals surface area contributed by atoms with Gasteiger partial charge in [-0.15, -0.1) is 0 Å². The molecule has 25 heavy (non-hydrogen) atoms. The monoisotopic (exact) mass is 349 g/mol. The maximum absolute atomic E-state index is 13.7. The summed E-state index contributed by atoms with van der Waals surface area (Å²) in [6.07, 6.45) is 3.50. The lowest BCUT2D eigenvalue weighted by Crippen LogP contribution is -2.38. The molecule has 130 valence electrons. The zero-order valence-corrected chi connectivity index (χ0v) is 13.0. The molecule has 1 unspecified atom stereocenters. The highest BCUT2D eigenvalue weighted by molar-refractivity contribution is 5.95. The molecule has 1 aliphatic heterocycles. The Morgan fingerprint density at radius 3 is 2.52 bits per heavy atom. The molecule has 3 rings (SSSR count). The number of nitrogens with one attached hydrogen (secondary N) is 1. The van der Waals surface area contributed by atoms with Crippen molar-refractivity contribution >= 4 is 11.8 Å². The van der Waals surface area contributed by atoms with Crippen LogP contribution in [0.2, 0.25) is 0 Å². The van der Waals surface area contributed by atoms with Crippen LogP contribution in [0.5, 0.6) is 0 Å². The number of rotatable bonds is 3. The molecule has 1 N–H and O–H groups in total. The first kappa shape index (κ1) is 16.9. The number of carbonyl (C=O) groups is 2. The summed E-state index contributed by atoms with van der Waals surface area (Å²) >= 11 is 0. The third kappa shape index (κ3) is 3.47. The number of carbonyl (C=O) groups excluding carboxylic acids is 2. The normalized spacial score (nSPS) is 16.8. The Morgan fingerprint density at radius 2 is 1.80 bits per heavy atom. The summed E-state index contributed by atoms with van der Waals surface area (Å²) in [5, 5.41) is 2.54. The van der Waals surface area contributed by atoms with E-state index in [1.54, 1.807) is 17.0 Å². The van der Waals surface area contributed by atoms with Gasteiger partial charge >= 0.3 is 0 Å². The number of amides is 2. The lowest BCUT2D eigenvalue weighted by molar-refractivity contribution is 0.0782. The molecule has 5 nitrogen and oxygen atoms in total. The molecule has 0 aliphatic carbocycles. The van der Waals surface area contributed by atoms with Crippen LogP contribution in [0.25, 0.3) is 0 Å². The molecular formula is C17H14F3N3O2. The molecule has 1 aromatic heterocycles. The molecule has 0 bridgehead atoms. The van der Waals surface area contributed by atoms with Crippen molar-refractivity contribution < 1.29 is 22.8 Å². The van der Waals surface area contributed by atoms with Gasteiger partial charge in [-0.1, -0.05) is 0 Å². The Labute approximate surface area is 141 Å². The van der Waals surface area contributed by atoms with E-state index in [-0.39, 0.29) is 12.5 Å². The molecule has 1 atom stereocenters. The van der Waals surface area contributed by atoms with Gasteiger partial charge in [0, 0.05) is 37.1 Å². The van der Waals surface area contributed by atoms with E-state index in [0.717, 1.165) is 6.07 Å². The predicted octanol–water partition coefficient (Wildman–Crippen LogP) is 2.14. The summed E-state index contributed by atoms with van der Waals surface area (Å²) in [6.45, 7) is 0.671. The summed E-state index contributed by atoms with van der Waals surface area (Å²) in [4.78, 5) is 29.8. The highest BCUT2D eigenvalue weighted by atomic mass is 19.2. The summed E-state index contributed by atoms with van der Waals surface area (Å²) in [5.74, 6) is -5.62. The average Bonchev–Trinajstić information content (AvgIpc) is 3.08. The van der Waals surface area contributed by atoms with E-state index in [2.05, 4.69) is 10.3 Å². The van der Waals surface area contributed by atoms with Gasteiger partial charge in [-0.05, 0) is 30.7 Å². The van der Waals surface area contributed by atoms with Gasteiger partial charge in [-0.2, -0.15) is 0 Å². The van der Waals surface area contributed by atoms with Gasteiger partial charge in [-0.25, -0.2) is 13.2 Å². The standard InChI is InChI=1S/C17H14F3N3O2/c18-13-2-1-12(14(19)15(13)20)16(24)22-11-5-8-23(9-11)17(25)10-3-6-21-7-4-10/h1-4,6-7,11H,5,8-9H2,(H,22,24). The molecule has 1 saturated heterocycles. The van der Waals surface area contributed by atoms with E-state index in [1.165, 1.54) is 12.4 Å². The van der Waals surface area contributed by atoms with Crippen molar-refractivity contribution in [3.63, 3.8) is 0 Å². The van der Waals surface area contributed by atoms with Gasteiger partial charge in [0.2, 0.25) is 0 Å². The number of hydrogen-bond acceptors (Lipinski definition) is 3. The molecule has 1 aromatic carbocycles. The van der Waals surface area contributed by atoms with E-state index in [9.17, 15) is 22.8 Å². The number of nitrogens with zero attached hydrogens (tertiary/aromatic N) is 2. The molecule has 2 heterocycles. The Balaban J connectivity index is 1.64. The fourth-order valence-corrected chi connectivity index (χ4v) is 2.70. The summed E-state index contributed by atoms with van der Waals surface area (Å²) in [6, 6.07) is 4.36. The SMILES string of the molecule is O=C(NC1CCN(C(=O)c2ccncc2)C1)c1ccc(F)c(F)c1F. The fraction of sp³-hybridized carbons (Fsp3) is 0.235. The molecule has 1 fully saturated rings. The third-order valence-corrected chi connectivity index (χ3v) is 4.02. The third-order valence-electron chi connectivity index (χ3n) is 4.02.